The van der Waals surface area contributed by atoms with E-state index in [1.807, 2.05) is 5.38 Å². The molecule has 2 aromatic rings. The summed E-state index contributed by atoms with van der Waals surface area (Å²) in [7, 11) is 0. The highest BCUT2D eigenvalue weighted by molar-refractivity contribution is 7.07. The molecule has 0 radical (unpaired) electrons. The van der Waals surface area contributed by atoms with Gasteiger partial charge in [0, 0.05) is 18.9 Å². The van der Waals surface area contributed by atoms with Gasteiger partial charge in [0.05, 0.1) is 0 Å². The minimum absolute atomic E-state index is 0.178. The zero-order chi connectivity index (χ0) is 9.80. The summed E-state index contributed by atoms with van der Waals surface area (Å²) in [5, 5.41) is 4.14. The van der Waals surface area contributed by atoms with Crippen LogP contribution in [0, 0.1) is 0 Å². The fourth-order valence-corrected chi connectivity index (χ4v) is 1.94. The Balaban J connectivity index is 2.06. The van der Waals surface area contributed by atoms with Crippen LogP contribution in [0.15, 0.2) is 40.1 Å². The molecule has 0 aliphatic rings. The smallest absolute Gasteiger partial charge is 0.299 e. The molecular formula is C10H10N2OS. The largest absolute Gasteiger partial charge is 0.347 e. The van der Waals surface area contributed by atoms with Crippen LogP contribution in [0.5, 0.6) is 0 Å². The Hall–Kier alpha value is -1.42. The second-order valence-electron chi connectivity index (χ2n) is 2.98. The molecule has 0 saturated heterocycles. The molecule has 0 unspecified atom stereocenters. The lowest BCUT2D eigenvalue weighted by atomic mass is 10.2. The maximum atomic E-state index is 11.2. The summed E-state index contributed by atoms with van der Waals surface area (Å²) in [6.45, 7) is 0.698. The number of nitrogens with zero attached hydrogens (tertiary/aromatic N) is 2. The normalized spacial score (nSPS) is 10.3. The van der Waals surface area contributed by atoms with Crippen LogP contribution in [-0.4, -0.2) is 9.55 Å². The lowest BCUT2D eigenvalue weighted by Crippen LogP contribution is -2.22. The van der Waals surface area contributed by atoms with Crippen molar-refractivity contribution in [3.8, 4) is 0 Å². The van der Waals surface area contributed by atoms with E-state index in [0.717, 1.165) is 6.42 Å². The van der Waals surface area contributed by atoms with Crippen LogP contribution >= 0.6 is 11.3 Å². The number of hydrogen-bond acceptors (Lipinski definition) is 3. The summed E-state index contributed by atoms with van der Waals surface area (Å²) in [4.78, 5) is 14.9. The van der Waals surface area contributed by atoms with Crippen molar-refractivity contribution in [3.63, 3.8) is 0 Å². The second-order valence-corrected chi connectivity index (χ2v) is 3.76. The number of aromatic nitrogens is 2. The minimum Gasteiger partial charge on any atom is -0.299 e. The van der Waals surface area contributed by atoms with E-state index in [0.29, 0.717) is 6.54 Å². The summed E-state index contributed by atoms with van der Waals surface area (Å²) in [5.41, 5.74) is 1.09. The molecule has 0 aromatic carbocycles. The molecule has 3 nitrogen and oxygen atoms in total. The van der Waals surface area contributed by atoms with E-state index in [1.54, 1.807) is 28.2 Å². The number of rotatable bonds is 3. The molecule has 2 rings (SSSR count). The van der Waals surface area contributed by atoms with Crippen molar-refractivity contribution in [1.29, 1.82) is 0 Å². The highest BCUT2D eigenvalue weighted by Crippen LogP contribution is 2.06. The molecule has 0 amide bonds. The van der Waals surface area contributed by atoms with E-state index in [-0.39, 0.29) is 5.69 Å². The molecule has 2 aromatic heterocycles. The van der Waals surface area contributed by atoms with Gasteiger partial charge >= 0.3 is 5.69 Å². The molecule has 0 bridgehead atoms. The van der Waals surface area contributed by atoms with Gasteiger partial charge < -0.3 is 0 Å². The predicted molar refractivity (Wildman–Crippen MR) is 56.5 cm³/mol. The summed E-state index contributed by atoms with van der Waals surface area (Å²) in [6.07, 6.45) is 4.17. The zero-order valence-corrected chi connectivity index (χ0v) is 8.41. The van der Waals surface area contributed by atoms with Crippen molar-refractivity contribution in [3.05, 3.63) is 51.3 Å². The Morgan fingerprint density at radius 2 is 2.43 bits per heavy atom. The van der Waals surface area contributed by atoms with Crippen LogP contribution in [0.25, 0.3) is 0 Å². The van der Waals surface area contributed by atoms with Gasteiger partial charge in [0.1, 0.15) is 0 Å². The topological polar surface area (TPSA) is 34.9 Å². The molecule has 4 heteroatoms. The van der Waals surface area contributed by atoms with Crippen molar-refractivity contribution < 1.29 is 0 Å². The first kappa shape index (κ1) is 9.15. The molecule has 0 aliphatic heterocycles. The first-order valence-corrected chi connectivity index (χ1v) is 5.33. The maximum absolute atomic E-state index is 11.2. The quantitative estimate of drug-likeness (QED) is 0.763. The van der Waals surface area contributed by atoms with E-state index in [1.165, 1.54) is 11.8 Å². The van der Waals surface area contributed by atoms with Crippen molar-refractivity contribution in [2.75, 3.05) is 0 Å². The SMILES string of the molecule is O=c1ncccn1CCc1ccsc1. The van der Waals surface area contributed by atoms with Gasteiger partial charge in [-0.3, -0.25) is 4.57 Å². The Labute approximate surface area is 85.7 Å². The van der Waals surface area contributed by atoms with E-state index in [2.05, 4.69) is 16.4 Å². The lowest BCUT2D eigenvalue weighted by molar-refractivity contribution is 0.650. The van der Waals surface area contributed by atoms with Gasteiger partial charge in [-0.25, -0.2) is 9.78 Å². The van der Waals surface area contributed by atoms with Crippen LogP contribution in [-0.2, 0) is 13.0 Å². The lowest BCUT2D eigenvalue weighted by Gasteiger charge is -2.01. The van der Waals surface area contributed by atoms with Crippen LogP contribution in [0.4, 0.5) is 0 Å². The molecule has 2 heterocycles. The van der Waals surface area contributed by atoms with Gasteiger partial charge in [0.2, 0.25) is 0 Å². The van der Waals surface area contributed by atoms with Gasteiger partial charge in [-0.2, -0.15) is 11.3 Å². The highest BCUT2D eigenvalue weighted by atomic mass is 32.1. The number of hydrogen-bond donors (Lipinski definition) is 0. The third kappa shape index (κ3) is 2.09. The molecule has 72 valence electrons. The molecule has 0 spiro atoms. The monoisotopic (exact) mass is 206 g/mol. The molecule has 0 aliphatic carbocycles. The Kier molecular flexibility index (Phi) is 2.74. The fraction of sp³-hybridized carbons (Fsp3) is 0.200. The van der Waals surface area contributed by atoms with Gasteiger partial charge in [-0.05, 0) is 34.9 Å². The predicted octanol–water partition coefficient (Wildman–Crippen LogP) is 1.55. The van der Waals surface area contributed by atoms with Crippen molar-refractivity contribution in [1.82, 2.24) is 9.55 Å². The van der Waals surface area contributed by atoms with Crippen LogP contribution in [0.3, 0.4) is 0 Å². The van der Waals surface area contributed by atoms with Crippen molar-refractivity contribution >= 4 is 11.3 Å². The fourth-order valence-electron chi connectivity index (χ4n) is 1.24. The standard InChI is InChI=1S/C10H10N2OS/c13-10-11-4-1-5-12(10)6-2-9-3-7-14-8-9/h1,3-5,7-8H,2,6H2. The minimum atomic E-state index is -0.178. The highest BCUT2D eigenvalue weighted by Gasteiger charge is 1.96. The number of aryl methyl sites for hydroxylation is 2. The van der Waals surface area contributed by atoms with Crippen LogP contribution in [0.1, 0.15) is 5.56 Å². The Morgan fingerprint density at radius 3 is 3.14 bits per heavy atom. The van der Waals surface area contributed by atoms with Gasteiger partial charge in [-0.15, -0.1) is 0 Å². The summed E-state index contributed by atoms with van der Waals surface area (Å²) < 4.78 is 1.62. The van der Waals surface area contributed by atoms with Crippen molar-refractivity contribution in [2.45, 2.75) is 13.0 Å². The van der Waals surface area contributed by atoms with Gasteiger partial charge in [0.25, 0.3) is 0 Å². The summed E-state index contributed by atoms with van der Waals surface area (Å²) in [5.74, 6) is 0. The van der Waals surface area contributed by atoms with E-state index in [4.69, 9.17) is 0 Å². The average molecular weight is 206 g/mol. The van der Waals surface area contributed by atoms with E-state index >= 15 is 0 Å². The third-order valence-corrected chi connectivity index (χ3v) is 2.74. The van der Waals surface area contributed by atoms with E-state index < -0.39 is 0 Å². The number of thiophene rings is 1. The first-order valence-electron chi connectivity index (χ1n) is 4.39. The summed E-state index contributed by atoms with van der Waals surface area (Å²) in [6, 6.07) is 3.85. The average Bonchev–Trinajstić information content (AvgIpc) is 2.69. The molecule has 0 saturated carbocycles. The summed E-state index contributed by atoms with van der Waals surface area (Å²) >= 11 is 1.68. The third-order valence-electron chi connectivity index (χ3n) is 2.00. The first-order chi connectivity index (χ1) is 6.86. The Morgan fingerprint density at radius 1 is 1.50 bits per heavy atom. The molecular weight excluding hydrogens is 196 g/mol. The second kappa shape index (κ2) is 4.19. The van der Waals surface area contributed by atoms with Crippen LogP contribution in [0.2, 0.25) is 0 Å². The van der Waals surface area contributed by atoms with Gasteiger partial charge in [-0.1, -0.05) is 0 Å². The van der Waals surface area contributed by atoms with E-state index in [9.17, 15) is 4.79 Å². The maximum Gasteiger partial charge on any atom is 0.347 e. The molecule has 0 atom stereocenters. The van der Waals surface area contributed by atoms with Gasteiger partial charge in [0.15, 0.2) is 0 Å². The Bertz CT molecular complexity index is 447. The van der Waals surface area contributed by atoms with Crippen molar-refractivity contribution in [2.24, 2.45) is 0 Å². The molecule has 0 N–H and O–H groups in total. The molecule has 14 heavy (non-hydrogen) atoms. The molecule has 0 fully saturated rings. The zero-order valence-electron chi connectivity index (χ0n) is 7.59. The van der Waals surface area contributed by atoms with Crippen LogP contribution < -0.4 is 5.69 Å².